The van der Waals surface area contributed by atoms with Gasteiger partial charge in [-0.3, -0.25) is 19.4 Å². The van der Waals surface area contributed by atoms with E-state index in [9.17, 15) is 40.5 Å². The molecule has 7 N–H and O–H groups in total. The quantitative estimate of drug-likeness (QED) is 0.0760. The Morgan fingerprint density at radius 2 is 1.38 bits per heavy atom. The number of allylic oxidation sites excluding steroid dienone is 2. The maximum absolute atomic E-state index is 15.0. The van der Waals surface area contributed by atoms with Crippen molar-refractivity contribution in [2.45, 2.75) is 57.5 Å². The van der Waals surface area contributed by atoms with Gasteiger partial charge in [0.05, 0.1) is 16.7 Å². The molecule has 268 valence electrons. The number of hydrogen-bond acceptors (Lipinski definition) is 12. The van der Waals surface area contributed by atoms with E-state index in [1.807, 2.05) is 6.92 Å². The minimum atomic E-state index is -1.21. The summed E-state index contributed by atoms with van der Waals surface area (Å²) in [5.74, 6) is -6.03. The number of carbonyl (C=O) groups is 1. The SMILES string of the molecule is CC1=CC2c3c(O)cc(O)c4c(=O)c(CCC(C)(C)O)c(oc34)-c3ccc(O)cc3OOc3cc(O)ccc3C(=O)C2C(c2ccc(O)cc2O)C1. The lowest BCUT2D eigenvalue weighted by Crippen LogP contribution is -2.32. The molecule has 1 aromatic heterocycles. The average Bonchev–Trinajstić information content (AvgIpc) is 3.06. The van der Waals surface area contributed by atoms with Gasteiger partial charge in [-0.25, -0.2) is 0 Å². The van der Waals surface area contributed by atoms with E-state index in [1.165, 1.54) is 48.5 Å². The summed E-state index contributed by atoms with van der Waals surface area (Å²) < 4.78 is 6.58. The van der Waals surface area contributed by atoms with Crippen molar-refractivity contribution < 1.29 is 54.7 Å². The first-order valence-electron chi connectivity index (χ1n) is 16.6. The molecule has 1 aliphatic carbocycles. The molecule has 0 spiro atoms. The van der Waals surface area contributed by atoms with Gasteiger partial charge >= 0.3 is 0 Å². The van der Waals surface area contributed by atoms with Crippen LogP contribution in [0.15, 0.2) is 81.5 Å². The molecular weight excluding hydrogens is 672 g/mol. The van der Waals surface area contributed by atoms with Crippen molar-refractivity contribution in [3.63, 3.8) is 0 Å². The fourth-order valence-electron chi connectivity index (χ4n) is 7.37. The van der Waals surface area contributed by atoms with E-state index in [1.54, 1.807) is 19.9 Å². The van der Waals surface area contributed by atoms with Crippen molar-refractivity contribution in [3.8, 4) is 57.3 Å². The molecule has 3 atom stereocenters. The number of aliphatic hydroxyl groups is 1. The van der Waals surface area contributed by atoms with Crippen LogP contribution in [0.5, 0.6) is 46.0 Å². The highest BCUT2D eigenvalue weighted by Crippen LogP contribution is 2.54. The largest absolute Gasteiger partial charge is 0.508 e. The maximum Gasteiger partial charge on any atom is 0.200 e. The van der Waals surface area contributed by atoms with Crippen LogP contribution in [0.25, 0.3) is 22.3 Å². The number of fused-ring (bicyclic) bond motifs is 6. The normalized spacial score (nSPS) is 18.5. The van der Waals surface area contributed by atoms with Gasteiger partial charge in [-0.15, -0.1) is 0 Å². The Balaban J connectivity index is 1.62. The monoisotopic (exact) mass is 708 g/mol. The van der Waals surface area contributed by atoms with Crippen LogP contribution in [-0.2, 0) is 6.42 Å². The smallest absolute Gasteiger partial charge is 0.200 e. The molecule has 0 saturated heterocycles. The standard InChI is InChI=1S/C40H36O12/c1-18-12-26(22-7-4-19(41)14-28(22)44)33-27(13-18)34-29(45)17-30(46)35-37(48)25(10-11-40(2,3)49)38(50-39(34)35)24-9-6-21(43)16-32(24)52-51-31-15-20(42)5-8-23(31)36(33)47/h4-9,13-17,26-27,33,41-46,49H,10-12H2,1-3H3. The van der Waals surface area contributed by atoms with Crippen molar-refractivity contribution in [1.29, 1.82) is 0 Å². The van der Waals surface area contributed by atoms with E-state index in [-0.39, 0.29) is 92.7 Å². The van der Waals surface area contributed by atoms with E-state index in [4.69, 9.17) is 14.2 Å². The van der Waals surface area contributed by atoms with E-state index >= 15 is 4.79 Å². The summed E-state index contributed by atoms with van der Waals surface area (Å²) in [6.07, 6.45) is 2.08. The predicted molar refractivity (Wildman–Crippen MR) is 188 cm³/mol. The van der Waals surface area contributed by atoms with Gasteiger partial charge in [0.1, 0.15) is 51.2 Å². The second-order valence-corrected chi connectivity index (χ2v) is 14.1. The molecule has 0 fully saturated rings. The molecule has 2 heterocycles. The number of phenols is 6. The molecule has 7 rings (SSSR count). The fraction of sp³-hybridized carbons (Fsp3) is 0.250. The number of Topliss-reactive ketones (excluding diaryl/α,β-unsaturated/α-hetero) is 1. The van der Waals surface area contributed by atoms with Crippen molar-refractivity contribution in [2.75, 3.05) is 0 Å². The molecule has 0 amide bonds. The third-order valence-electron chi connectivity index (χ3n) is 9.78. The summed E-state index contributed by atoms with van der Waals surface area (Å²) >= 11 is 0. The lowest BCUT2D eigenvalue weighted by atomic mass is 9.65. The number of aromatic hydroxyl groups is 6. The molecule has 5 aromatic rings. The highest BCUT2D eigenvalue weighted by molar-refractivity contribution is 6.03. The van der Waals surface area contributed by atoms with Crippen LogP contribution in [-0.4, -0.2) is 47.1 Å². The molecule has 2 aliphatic rings. The second kappa shape index (κ2) is 12.6. The Bertz CT molecular complexity index is 2360. The molecule has 0 saturated carbocycles. The molecule has 4 aromatic carbocycles. The predicted octanol–water partition coefficient (Wildman–Crippen LogP) is 6.80. The Morgan fingerprint density at radius 1 is 0.769 bits per heavy atom. The number of ketones is 1. The van der Waals surface area contributed by atoms with E-state index in [0.29, 0.717) is 5.56 Å². The van der Waals surface area contributed by atoms with Crippen LogP contribution in [0.3, 0.4) is 0 Å². The number of carbonyl (C=O) groups excluding carboxylic acids is 1. The Morgan fingerprint density at radius 3 is 2.04 bits per heavy atom. The van der Waals surface area contributed by atoms with E-state index in [2.05, 4.69) is 0 Å². The fourth-order valence-corrected chi connectivity index (χ4v) is 7.37. The van der Waals surface area contributed by atoms with E-state index in [0.717, 1.165) is 17.7 Å². The summed E-state index contributed by atoms with van der Waals surface area (Å²) in [6.45, 7) is 4.96. The van der Waals surface area contributed by atoms with Crippen molar-refractivity contribution in [1.82, 2.24) is 0 Å². The van der Waals surface area contributed by atoms with Crippen molar-refractivity contribution in [3.05, 3.63) is 105 Å². The van der Waals surface area contributed by atoms with Gasteiger partial charge < -0.3 is 40.2 Å². The van der Waals surface area contributed by atoms with Gasteiger partial charge in [-0.05, 0) is 75.9 Å². The summed E-state index contributed by atoms with van der Waals surface area (Å²) in [5, 5.41) is 75.4. The Hall–Kier alpha value is -6.14. The first-order valence-corrected chi connectivity index (χ1v) is 16.6. The number of hydrogen-bond donors (Lipinski definition) is 7. The van der Waals surface area contributed by atoms with Crippen molar-refractivity contribution >= 4 is 16.8 Å². The lowest BCUT2D eigenvalue weighted by Gasteiger charge is -2.37. The van der Waals surface area contributed by atoms with Gasteiger partial charge in [-0.1, -0.05) is 17.7 Å². The van der Waals surface area contributed by atoms with Crippen LogP contribution in [0, 0.1) is 5.92 Å². The van der Waals surface area contributed by atoms with Gasteiger partial charge in [0.25, 0.3) is 0 Å². The molecule has 52 heavy (non-hydrogen) atoms. The van der Waals surface area contributed by atoms with Crippen LogP contribution in [0.2, 0.25) is 0 Å². The first kappa shape index (κ1) is 34.3. The van der Waals surface area contributed by atoms with Gasteiger partial charge in [0.2, 0.25) is 0 Å². The first-order chi connectivity index (χ1) is 24.6. The maximum atomic E-state index is 15.0. The lowest BCUT2D eigenvalue weighted by molar-refractivity contribution is -0.100. The average molecular weight is 709 g/mol. The van der Waals surface area contributed by atoms with Gasteiger partial charge in [0, 0.05) is 53.1 Å². The topological polar surface area (TPSA) is 207 Å². The van der Waals surface area contributed by atoms with E-state index < -0.39 is 46.1 Å². The minimum Gasteiger partial charge on any atom is -0.508 e. The summed E-state index contributed by atoms with van der Waals surface area (Å²) in [6, 6.07) is 12.8. The number of rotatable bonds is 4. The Kier molecular flexibility index (Phi) is 8.29. The molecule has 1 aliphatic heterocycles. The molecule has 3 unspecified atom stereocenters. The molecule has 12 heteroatoms. The zero-order chi connectivity index (χ0) is 37.2. The van der Waals surface area contributed by atoms with Crippen LogP contribution >= 0.6 is 0 Å². The molecule has 2 bridgehead atoms. The third-order valence-corrected chi connectivity index (χ3v) is 9.78. The summed E-state index contributed by atoms with van der Waals surface area (Å²) in [5.41, 5.74) is -0.922. The molecular formula is C40H36O12. The minimum absolute atomic E-state index is 0.00240. The van der Waals surface area contributed by atoms with Crippen LogP contribution in [0.1, 0.15) is 72.5 Å². The van der Waals surface area contributed by atoms with Gasteiger partial charge in [0.15, 0.2) is 22.7 Å². The second-order valence-electron chi connectivity index (χ2n) is 14.1. The third kappa shape index (κ3) is 6.00. The zero-order valence-corrected chi connectivity index (χ0v) is 28.4. The van der Waals surface area contributed by atoms with Crippen molar-refractivity contribution in [2.24, 2.45) is 5.92 Å². The number of phenolic OH excluding ortho intramolecular Hbond substituents is 6. The summed E-state index contributed by atoms with van der Waals surface area (Å²) in [7, 11) is 0. The summed E-state index contributed by atoms with van der Waals surface area (Å²) in [4.78, 5) is 41.0. The molecule has 0 radical (unpaired) electrons. The molecule has 12 nitrogen and oxygen atoms in total. The van der Waals surface area contributed by atoms with Gasteiger partial charge in [-0.2, -0.15) is 0 Å². The highest BCUT2D eigenvalue weighted by Gasteiger charge is 2.44. The number of benzene rings is 4. The Labute approximate surface area is 296 Å². The van der Waals surface area contributed by atoms with Crippen LogP contribution < -0.4 is 15.2 Å². The zero-order valence-electron chi connectivity index (χ0n) is 28.4. The van der Waals surface area contributed by atoms with Crippen LogP contribution in [0.4, 0.5) is 0 Å². The highest BCUT2D eigenvalue weighted by atomic mass is 17.2.